The Morgan fingerprint density at radius 2 is 2.04 bits per heavy atom. The number of nitro benzene ring substituents is 1. The Balaban J connectivity index is 1.76. The number of rotatable bonds is 8. The molecular weight excluding hydrogens is 386 g/mol. The SMILES string of the molecule is C[C@H](CCc1ccco1)Nc1ccc(S(=O)(=O)N2CCOCC2)cc1[N+](=O)[O-]. The minimum absolute atomic E-state index is 0.0644. The van der Waals surface area contributed by atoms with Crippen LogP contribution < -0.4 is 5.32 Å². The van der Waals surface area contributed by atoms with Gasteiger partial charge in [0, 0.05) is 31.6 Å². The molecule has 1 atom stereocenters. The zero-order valence-corrected chi connectivity index (χ0v) is 16.4. The van der Waals surface area contributed by atoms with Crippen LogP contribution in [0.4, 0.5) is 11.4 Å². The lowest BCUT2D eigenvalue weighted by Crippen LogP contribution is -2.40. The Kier molecular flexibility index (Phi) is 6.32. The van der Waals surface area contributed by atoms with Crippen LogP contribution in [0.3, 0.4) is 0 Å². The predicted molar refractivity (Wildman–Crippen MR) is 103 cm³/mol. The minimum Gasteiger partial charge on any atom is -0.469 e. The lowest BCUT2D eigenvalue weighted by Gasteiger charge is -2.26. The largest absolute Gasteiger partial charge is 0.469 e. The molecule has 0 amide bonds. The van der Waals surface area contributed by atoms with Gasteiger partial charge in [-0.1, -0.05) is 0 Å². The van der Waals surface area contributed by atoms with Gasteiger partial charge >= 0.3 is 0 Å². The van der Waals surface area contributed by atoms with Crippen LogP contribution in [-0.4, -0.2) is 50.0 Å². The Hall–Kier alpha value is -2.43. The Labute approximate surface area is 163 Å². The lowest BCUT2D eigenvalue weighted by molar-refractivity contribution is -0.384. The highest BCUT2D eigenvalue weighted by atomic mass is 32.2. The van der Waals surface area contributed by atoms with Crippen LogP contribution in [0.1, 0.15) is 19.1 Å². The number of nitro groups is 1. The summed E-state index contributed by atoms with van der Waals surface area (Å²) in [6.45, 7) is 3.01. The first-order valence-electron chi connectivity index (χ1n) is 9.03. The fraction of sp³-hybridized carbons (Fsp3) is 0.444. The Morgan fingerprint density at radius 3 is 2.68 bits per heavy atom. The summed E-state index contributed by atoms with van der Waals surface area (Å²) in [4.78, 5) is 10.9. The van der Waals surface area contributed by atoms with Crippen LogP contribution in [0, 0.1) is 10.1 Å². The van der Waals surface area contributed by atoms with E-state index < -0.39 is 14.9 Å². The molecule has 3 rings (SSSR count). The van der Waals surface area contributed by atoms with Crippen molar-refractivity contribution in [2.45, 2.75) is 30.7 Å². The van der Waals surface area contributed by atoms with Crippen molar-refractivity contribution in [3.8, 4) is 0 Å². The molecule has 0 unspecified atom stereocenters. The van der Waals surface area contributed by atoms with Crippen molar-refractivity contribution in [2.24, 2.45) is 0 Å². The third-order valence-electron chi connectivity index (χ3n) is 4.58. The second-order valence-corrected chi connectivity index (χ2v) is 8.55. The summed E-state index contributed by atoms with van der Waals surface area (Å²) in [6.07, 6.45) is 3.00. The summed E-state index contributed by atoms with van der Waals surface area (Å²) in [5.41, 5.74) is 0.0251. The average molecular weight is 409 g/mol. The molecule has 1 aromatic carbocycles. The topological polar surface area (TPSA) is 115 Å². The van der Waals surface area contributed by atoms with Crippen molar-refractivity contribution < 1.29 is 22.5 Å². The van der Waals surface area contributed by atoms with E-state index in [0.717, 1.165) is 11.8 Å². The Morgan fingerprint density at radius 1 is 1.29 bits per heavy atom. The first-order valence-corrected chi connectivity index (χ1v) is 10.5. The standard InChI is InChI=1S/C18H23N3O6S/c1-14(4-5-15-3-2-10-27-15)19-17-7-6-16(13-18(17)21(22)23)28(24,25)20-8-11-26-12-9-20/h2-3,6-7,10,13-14,19H,4-5,8-9,11-12H2,1H3/t14-/m1/s1. The van der Waals surface area contributed by atoms with Gasteiger partial charge in [-0.05, 0) is 37.6 Å². The molecular formula is C18H23N3O6S. The van der Waals surface area contributed by atoms with E-state index in [0.29, 0.717) is 26.1 Å². The zero-order valence-electron chi connectivity index (χ0n) is 15.5. The van der Waals surface area contributed by atoms with E-state index >= 15 is 0 Å². The third-order valence-corrected chi connectivity index (χ3v) is 6.47. The zero-order chi connectivity index (χ0) is 20.1. The summed E-state index contributed by atoms with van der Waals surface area (Å²) in [5, 5.41) is 14.6. The van der Waals surface area contributed by atoms with Gasteiger partial charge in [-0.2, -0.15) is 4.31 Å². The number of hydrogen-bond acceptors (Lipinski definition) is 7. The number of sulfonamides is 1. The summed E-state index contributed by atoms with van der Waals surface area (Å²) >= 11 is 0. The fourth-order valence-electron chi connectivity index (χ4n) is 3.03. The van der Waals surface area contributed by atoms with Gasteiger partial charge < -0.3 is 14.5 Å². The van der Waals surface area contributed by atoms with Crippen LogP contribution in [0.15, 0.2) is 45.9 Å². The maximum atomic E-state index is 12.7. The van der Waals surface area contributed by atoms with Crippen molar-refractivity contribution in [3.63, 3.8) is 0 Å². The average Bonchev–Trinajstić information content (AvgIpc) is 3.21. The third kappa shape index (κ3) is 4.70. The molecule has 2 heterocycles. The van der Waals surface area contributed by atoms with E-state index in [4.69, 9.17) is 9.15 Å². The first kappa shape index (κ1) is 20.3. The molecule has 152 valence electrons. The quantitative estimate of drug-likeness (QED) is 0.526. The fourth-order valence-corrected chi connectivity index (χ4v) is 4.46. The summed E-state index contributed by atoms with van der Waals surface area (Å²) in [7, 11) is -3.79. The molecule has 0 bridgehead atoms. The molecule has 1 aromatic heterocycles. The predicted octanol–water partition coefficient (Wildman–Crippen LogP) is 2.64. The van der Waals surface area contributed by atoms with Crippen LogP contribution >= 0.6 is 0 Å². The van der Waals surface area contributed by atoms with Gasteiger partial charge in [-0.3, -0.25) is 10.1 Å². The van der Waals surface area contributed by atoms with Gasteiger partial charge in [0.1, 0.15) is 11.4 Å². The summed E-state index contributed by atoms with van der Waals surface area (Å²) in [6, 6.07) is 7.60. The van der Waals surface area contributed by atoms with Crippen LogP contribution in [-0.2, 0) is 21.2 Å². The maximum absolute atomic E-state index is 12.7. The molecule has 0 aliphatic carbocycles. The second-order valence-electron chi connectivity index (χ2n) is 6.62. The summed E-state index contributed by atoms with van der Waals surface area (Å²) in [5.74, 6) is 0.843. The van der Waals surface area contributed by atoms with E-state index in [1.165, 1.54) is 16.4 Å². The minimum atomic E-state index is -3.79. The normalized spacial score (nSPS) is 16.6. The van der Waals surface area contributed by atoms with E-state index in [9.17, 15) is 18.5 Å². The van der Waals surface area contributed by atoms with Gasteiger partial charge in [0.05, 0.1) is 29.3 Å². The lowest BCUT2D eigenvalue weighted by atomic mass is 10.1. The number of aryl methyl sites for hydroxylation is 1. The van der Waals surface area contributed by atoms with Crippen molar-refractivity contribution in [1.29, 1.82) is 0 Å². The highest BCUT2D eigenvalue weighted by Gasteiger charge is 2.29. The molecule has 28 heavy (non-hydrogen) atoms. The van der Waals surface area contributed by atoms with Gasteiger partial charge in [0.15, 0.2) is 0 Å². The van der Waals surface area contributed by atoms with Crippen molar-refractivity contribution in [2.75, 3.05) is 31.6 Å². The smallest absolute Gasteiger partial charge is 0.293 e. The van der Waals surface area contributed by atoms with Crippen molar-refractivity contribution in [1.82, 2.24) is 4.31 Å². The van der Waals surface area contributed by atoms with Gasteiger partial charge in [0.25, 0.3) is 5.69 Å². The number of furan rings is 1. The number of benzene rings is 1. The highest BCUT2D eigenvalue weighted by Crippen LogP contribution is 2.30. The molecule has 1 aliphatic heterocycles. The van der Waals surface area contributed by atoms with Crippen LogP contribution in [0.2, 0.25) is 0 Å². The van der Waals surface area contributed by atoms with E-state index in [1.807, 2.05) is 19.1 Å². The molecule has 0 saturated carbocycles. The van der Waals surface area contributed by atoms with Gasteiger partial charge in [-0.15, -0.1) is 0 Å². The monoisotopic (exact) mass is 409 g/mol. The molecule has 10 heteroatoms. The number of anilines is 1. The van der Waals surface area contributed by atoms with Crippen LogP contribution in [0.25, 0.3) is 0 Å². The van der Waals surface area contributed by atoms with Gasteiger partial charge in [-0.25, -0.2) is 8.42 Å². The van der Waals surface area contributed by atoms with Crippen molar-refractivity contribution >= 4 is 21.4 Å². The van der Waals surface area contributed by atoms with Gasteiger partial charge in [0.2, 0.25) is 10.0 Å². The second kappa shape index (κ2) is 8.72. The van der Waals surface area contributed by atoms with Crippen molar-refractivity contribution in [3.05, 3.63) is 52.5 Å². The highest BCUT2D eigenvalue weighted by molar-refractivity contribution is 7.89. The molecule has 2 aromatic rings. The number of ether oxygens (including phenoxy) is 1. The van der Waals surface area contributed by atoms with E-state index in [2.05, 4.69) is 5.32 Å². The molecule has 1 N–H and O–H groups in total. The summed E-state index contributed by atoms with van der Waals surface area (Å²) < 4.78 is 37.2. The molecule has 1 aliphatic rings. The number of hydrogen-bond donors (Lipinski definition) is 1. The first-order chi connectivity index (χ1) is 13.4. The molecule has 1 saturated heterocycles. The molecule has 1 fully saturated rings. The van der Waals surface area contributed by atoms with E-state index in [-0.39, 0.29) is 35.4 Å². The van der Waals surface area contributed by atoms with Crippen LogP contribution in [0.5, 0.6) is 0 Å². The molecule has 0 radical (unpaired) electrons. The number of nitrogens with one attached hydrogen (secondary N) is 1. The molecule has 0 spiro atoms. The maximum Gasteiger partial charge on any atom is 0.293 e. The van der Waals surface area contributed by atoms with E-state index in [1.54, 1.807) is 6.26 Å². The Bertz CT molecular complexity index is 907. The number of nitrogens with zero attached hydrogens (tertiary/aromatic N) is 2. The number of morpholine rings is 1. The molecule has 9 nitrogen and oxygen atoms in total.